The van der Waals surface area contributed by atoms with E-state index in [1.165, 1.54) is 5.56 Å². The third-order valence-electron chi connectivity index (χ3n) is 5.23. The summed E-state index contributed by atoms with van der Waals surface area (Å²) < 4.78 is 5.41. The summed E-state index contributed by atoms with van der Waals surface area (Å²) in [6.45, 7) is 1.64. The van der Waals surface area contributed by atoms with E-state index in [1.54, 1.807) is 24.4 Å². The largest absolute Gasteiger partial charge is 0.497 e. The van der Waals surface area contributed by atoms with E-state index in [0.717, 1.165) is 37.6 Å². The fourth-order valence-corrected chi connectivity index (χ4v) is 3.56. The van der Waals surface area contributed by atoms with Crippen LogP contribution in [0.25, 0.3) is 0 Å². The Kier molecular flexibility index (Phi) is 5.40. The first-order chi connectivity index (χ1) is 12.5. The first-order valence-corrected chi connectivity index (χ1v) is 8.91. The number of amides is 1. The molecule has 1 amide bonds. The van der Waals surface area contributed by atoms with Crippen LogP contribution in [0.15, 0.2) is 42.7 Å². The quantitative estimate of drug-likeness (QED) is 0.826. The van der Waals surface area contributed by atoms with Crippen molar-refractivity contribution >= 4 is 11.9 Å². The van der Waals surface area contributed by atoms with Crippen LogP contribution in [0, 0.1) is 0 Å². The second-order valence-electron chi connectivity index (χ2n) is 7.01. The standard InChI is InChI=1S/C20H26N4O2/c1-23(2)18(25)15-20(16-6-4-7-17(14-16)26-3)8-12-24(13-9-20)19-21-10-5-11-22-19/h4-7,10-11,14H,8-9,12-13,15H2,1-3H3. The molecule has 0 spiro atoms. The van der Waals surface area contributed by atoms with Crippen LogP contribution in [-0.4, -0.2) is 55.1 Å². The van der Waals surface area contributed by atoms with E-state index < -0.39 is 0 Å². The second-order valence-corrected chi connectivity index (χ2v) is 7.01. The third-order valence-corrected chi connectivity index (χ3v) is 5.23. The summed E-state index contributed by atoms with van der Waals surface area (Å²) in [5.74, 6) is 1.73. The summed E-state index contributed by atoms with van der Waals surface area (Å²) >= 11 is 0. The maximum absolute atomic E-state index is 12.6. The Balaban J connectivity index is 1.86. The lowest BCUT2D eigenvalue weighted by atomic mass is 9.70. The number of methoxy groups -OCH3 is 1. The fraction of sp³-hybridized carbons (Fsp3) is 0.450. The van der Waals surface area contributed by atoms with Crippen molar-refractivity contribution in [3.05, 3.63) is 48.3 Å². The number of rotatable bonds is 5. The van der Waals surface area contributed by atoms with Crippen LogP contribution in [0.4, 0.5) is 5.95 Å². The second kappa shape index (κ2) is 7.72. The highest BCUT2D eigenvalue weighted by atomic mass is 16.5. The van der Waals surface area contributed by atoms with E-state index in [2.05, 4.69) is 27.0 Å². The molecule has 0 aliphatic carbocycles. The number of benzene rings is 1. The van der Waals surface area contributed by atoms with Gasteiger partial charge in [0.25, 0.3) is 0 Å². The van der Waals surface area contributed by atoms with Crippen LogP contribution in [0.3, 0.4) is 0 Å². The van der Waals surface area contributed by atoms with Gasteiger partial charge in [0.15, 0.2) is 0 Å². The normalized spacial score (nSPS) is 16.2. The zero-order valence-corrected chi connectivity index (χ0v) is 15.7. The van der Waals surface area contributed by atoms with E-state index in [0.29, 0.717) is 6.42 Å². The zero-order valence-electron chi connectivity index (χ0n) is 15.7. The molecule has 0 radical (unpaired) electrons. The van der Waals surface area contributed by atoms with Gasteiger partial charge in [-0.15, -0.1) is 0 Å². The minimum absolute atomic E-state index is 0.150. The van der Waals surface area contributed by atoms with E-state index in [9.17, 15) is 4.79 Å². The van der Waals surface area contributed by atoms with Crippen molar-refractivity contribution in [3.63, 3.8) is 0 Å². The average molecular weight is 354 g/mol. The molecule has 6 nitrogen and oxygen atoms in total. The first-order valence-electron chi connectivity index (χ1n) is 8.91. The van der Waals surface area contributed by atoms with Gasteiger partial charge in [-0.1, -0.05) is 12.1 Å². The highest BCUT2D eigenvalue weighted by molar-refractivity contribution is 5.77. The van der Waals surface area contributed by atoms with Crippen molar-refractivity contribution in [2.45, 2.75) is 24.7 Å². The van der Waals surface area contributed by atoms with Crippen molar-refractivity contribution in [1.29, 1.82) is 0 Å². The first kappa shape index (κ1) is 18.2. The number of aromatic nitrogens is 2. The van der Waals surface area contributed by atoms with Crippen molar-refractivity contribution in [2.75, 3.05) is 39.2 Å². The Morgan fingerprint density at radius 1 is 1.19 bits per heavy atom. The predicted molar refractivity (Wildman–Crippen MR) is 101 cm³/mol. The number of carbonyl (C=O) groups is 1. The van der Waals surface area contributed by atoms with Crippen LogP contribution >= 0.6 is 0 Å². The van der Waals surface area contributed by atoms with Crippen molar-refractivity contribution in [1.82, 2.24) is 14.9 Å². The Morgan fingerprint density at radius 3 is 2.50 bits per heavy atom. The molecule has 0 saturated carbocycles. The molecule has 0 N–H and O–H groups in total. The van der Waals surface area contributed by atoms with Gasteiger partial charge in [0.2, 0.25) is 11.9 Å². The number of hydrogen-bond acceptors (Lipinski definition) is 5. The van der Waals surface area contributed by atoms with E-state index >= 15 is 0 Å². The molecule has 3 rings (SSSR count). The van der Waals surface area contributed by atoms with Crippen LogP contribution in [0.1, 0.15) is 24.8 Å². The number of piperidine rings is 1. The summed E-state index contributed by atoms with van der Waals surface area (Å²) in [5.41, 5.74) is 0.974. The van der Waals surface area contributed by atoms with Gasteiger partial charge in [0.1, 0.15) is 5.75 Å². The van der Waals surface area contributed by atoms with Gasteiger partial charge < -0.3 is 14.5 Å². The fourth-order valence-electron chi connectivity index (χ4n) is 3.56. The summed E-state index contributed by atoms with van der Waals surface area (Å²) in [6.07, 6.45) is 5.77. The van der Waals surface area contributed by atoms with Crippen molar-refractivity contribution in [2.24, 2.45) is 0 Å². The number of anilines is 1. The Bertz CT molecular complexity index is 740. The Labute approximate surface area is 154 Å². The molecule has 2 aromatic rings. The predicted octanol–water partition coefficient (Wildman–Crippen LogP) is 2.50. The molecule has 6 heteroatoms. The smallest absolute Gasteiger partial charge is 0.225 e. The highest BCUT2D eigenvalue weighted by Crippen LogP contribution is 2.40. The monoisotopic (exact) mass is 354 g/mol. The Hall–Kier alpha value is -2.63. The van der Waals surface area contributed by atoms with Gasteiger partial charge in [-0.3, -0.25) is 4.79 Å². The molecule has 1 fully saturated rings. The maximum atomic E-state index is 12.6. The molecular weight excluding hydrogens is 328 g/mol. The number of nitrogens with zero attached hydrogens (tertiary/aromatic N) is 4. The molecule has 0 unspecified atom stereocenters. The molecule has 26 heavy (non-hydrogen) atoms. The molecule has 0 bridgehead atoms. The molecule has 1 saturated heterocycles. The molecule has 2 heterocycles. The van der Waals surface area contributed by atoms with Gasteiger partial charge in [-0.25, -0.2) is 9.97 Å². The molecular formula is C20H26N4O2. The SMILES string of the molecule is COc1cccc(C2(CC(=O)N(C)C)CCN(c3ncccn3)CC2)c1. The lowest BCUT2D eigenvalue weighted by molar-refractivity contribution is -0.130. The van der Waals surface area contributed by atoms with Gasteiger partial charge >= 0.3 is 0 Å². The van der Waals surface area contributed by atoms with Gasteiger partial charge in [-0.2, -0.15) is 0 Å². The van der Waals surface area contributed by atoms with Crippen LogP contribution in [0.5, 0.6) is 5.75 Å². The summed E-state index contributed by atoms with van der Waals surface area (Å²) in [5, 5.41) is 0. The van der Waals surface area contributed by atoms with Crippen molar-refractivity contribution in [3.8, 4) is 5.75 Å². The summed E-state index contributed by atoms with van der Waals surface area (Å²) in [7, 11) is 5.30. The molecule has 1 aromatic heterocycles. The highest BCUT2D eigenvalue weighted by Gasteiger charge is 2.39. The van der Waals surface area contributed by atoms with Crippen LogP contribution < -0.4 is 9.64 Å². The lowest BCUT2D eigenvalue weighted by Gasteiger charge is -2.42. The Morgan fingerprint density at radius 2 is 1.88 bits per heavy atom. The van der Waals surface area contributed by atoms with E-state index in [1.807, 2.05) is 32.3 Å². The minimum atomic E-state index is -0.193. The zero-order chi connectivity index (χ0) is 18.6. The third kappa shape index (κ3) is 3.79. The van der Waals surface area contributed by atoms with Crippen LogP contribution in [0.2, 0.25) is 0 Å². The summed E-state index contributed by atoms with van der Waals surface area (Å²) in [6, 6.07) is 9.95. The maximum Gasteiger partial charge on any atom is 0.225 e. The molecule has 0 atom stereocenters. The summed E-state index contributed by atoms with van der Waals surface area (Å²) in [4.78, 5) is 25.1. The van der Waals surface area contributed by atoms with Gasteiger partial charge in [0, 0.05) is 51.4 Å². The van der Waals surface area contributed by atoms with Gasteiger partial charge in [0.05, 0.1) is 7.11 Å². The number of hydrogen-bond donors (Lipinski definition) is 0. The van der Waals surface area contributed by atoms with Crippen LogP contribution in [-0.2, 0) is 10.2 Å². The average Bonchev–Trinajstić information content (AvgIpc) is 2.69. The van der Waals surface area contributed by atoms with Crippen molar-refractivity contribution < 1.29 is 9.53 Å². The van der Waals surface area contributed by atoms with E-state index in [-0.39, 0.29) is 11.3 Å². The molecule has 1 aromatic carbocycles. The van der Waals surface area contributed by atoms with E-state index in [4.69, 9.17) is 4.74 Å². The molecule has 1 aliphatic heterocycles. The topological polar surface area (TPSA) is 58.6 Å². The molecule has 138 valence electrons. The molecule has 1 aliphatic rings. The lowest BCUT2D eigenvalue weighted by Crippen LogP contribution is -2.45. The minimum Gasteiger partial charge on any atom is -0.497 e. The number of ether oxygens (including phenoxy) is 1. The van der Waals surface area contributed by atoms with Gasteiger partial charge in [-0.05, 0) is 36.6 Å². The number of carbonyl (C=O) groups excluding carboxylic acids is 1.